The Kier molecular flexibility index (Phi) is 4.10. The molecule has 0 bridgehead atoms. The average molecular weight is 309 g/mol. The first-order valence-electron chi connectivity index (χ1n) is 7.19. The van der Waals surface area contributed by atoms with Crippen molar-refractivity contribution in [2.75, 3.05) is 0 Å². The second-order valence-corrected chi connectivity index (χ2v) is 5.20. The Hall–Kier alpha value is -3.08. The largest absolute Gasteiger partial charge is 0.480 e. The summed E-state index contributed by atoms with van der Waals surface area (Å²) in [5, 5.41) is 12.6. The van der Waals surface area contributed by atoms with E-state index in [1.807, 2.05) is 36.4 Å². The minimum absolute atomic E-state index is 0.220. The molecule has 1 aromatic heterocycles. The molecule has 5 nitrogen and oxygen atoms in total. The molecule has 5 heteroatoms. The number of hydrogen-bond donors (Lipinski definition) is 2. The average Bonchev–Trinajstić information content (AvgIpc) is 2.99. The van der Waals surface area contributed by atoms with Gasteiger partial charge in [0.15, 0.2) is 0 Å². The molecule has 0 saturated carbocycles. The van der Waals surface area contributed by atoms with Crippen LogP contribution < -0.4 is 5.32 Å². The number of fused-ring (bicyclic) bond motifs is 1. The van der Waals surface area contributed by atoms with Crippen molar-refractivity contribution in [3.8, 4) is 0 Å². The molecule has 0 aliphatic rings. The fourth-order valence-corrected chi connectivity index (χ4v) is 2.44. The van der Waals surface area contributed by atoms with E-state index in [0.717, 1.165) is 5.56 Å². The lowest BCUT2D eigenvalue weighted by atomic mass is 10.1. The summed E-state index contributed by atoms with van der Waals surface area (Å²) in [7, 11) is 0. The Labute approximate surface area is 132 Å². The number of carboxylic acids is 1. The summed E-state index contributed by atoms with van der Waals surface area (Å²) in [6.45, 7) is 0. The van der Waals surface area contributed by atoms with Gasteiger partial charge in [0.2, 0.25) is 0 Å². The van der Waals surface area contributed by atoms with E-state index in [-0.39, 0.29) is 6.42 Å². The standard InChI is InChI=1S/C18H15NO4/c20-17(14-11-23-16-9-5-4-8-13(14)16)19-15(18(21)22)10-12-6-2-1-3-7-12/h1-9,11,15H,10H2,(H,19,20)(H,21,22)/t15-/m0/s1. The Morgan fingerprint density at radius 3 is 2.48 bits per heavy atom. The van der Waals surface area contributed by atoms with E-state index < -0.39 is 17.9 Å². The van der Waals surface area contributed by atoms with E-state index in [1.54, 1.807) is 18.2 Å². The summed E-state index contributed by atoms with van der Waals surface area (Å²) in [6.07, 6.45) is 1.57. The normalized spacial score (nSPS) is 12.0. The van der Waals surface area contributed by atoms with Gasteiger partial charge < -0.3 is 14.8 Å². The van der Waals surface area contributed by atoms with Gasteiger partial charge in [0.05, 0.1) is 5.56 Å². The van der Waals surface area contributed by atoms with E-state index in [0.29, 0.717) is 16.5 Å². The summed E-state index contributed by atoms with van der Waals surface area (Å²) in [5.41, 5.74) is 1.77. The first kappa shape index (κ1) is 14.8. The van der Waals surface area contributed by atoms with Crippen molar-refractivity contribution in [1.82, 2.24) is 5.32 Å². The van der Waals surface area contributed by atoms with E-state index in [1.165, 1.54) is 6.26 Å². The number of furan rings is 1. The highest BCUT2D eigenvalue weighted by Crippen LogP contribution is 2.20. The molecular weight excluding hydrogens is 294 g/mol. The van der Waals surface area contributed by atoms with Gasteiger partial charge in [-0.1, -0.05) is 48.5 Å². The molecular formula is C18H15NO4. The molecule has 0 saturated heterocycles. The quantitative estimate of drug-likeness (QED) is 0.759. The summed E-state index contributed by atoms with van der Waals surface area (Å²) >= 11 is 0. The third-order valence-corrected chi connectivity index (χ3v) is 3.61. The van der Waals surface area contributed by atoms with Gasteiger partial charge in [-0.15, -0.1) is 0 Å². The number of amides is 1. The maximum Gasteiger partial charge on any atom is 0.326 e. The van der Waals surface area contributed by atoms with Crippen LogP contribution in [0.5, 0.6) is 0 Å². The minimum atomic E-state index is -1.07. The number of hydrogen-bond acceptors (Lipinski definition) is 3. The van der Waals surface area contributed by atoms with Crippen LogP contribution in [0.2, 0.25) is 0 Å². The van der Waals surface area contributed by atoms with Gasteiger partial charge in [-0.25, -0.2) is 4.79 Å². The molecule has 0 aliphatic heterocycles. The third-order valence-electron chi connectivity index (χ3n) is 3.61. The molecule has 1 amide bonds. The predicted octanol–water partition coefficient (Wildman–Crippen LogP) is 2.86. The van der Waals surface area contributed by atoms with Gasteiger partial charge in [0.25, 0.3) is 5.91 Å². The monoisotopic (exact) mass is 309 g/mol. The summed E-state index contributed by atoms with van der Waals surface area (Å²) in [4.78, 5) is 23.8. The van der Waals surface area contributed by atoms with Crippen LogP contribution in [0, 0.1) is 0 Å². The number of rotatable bonds is 5. The number of carbonyl (C=O) groups is 2. The Morgan fingerprint density at radius 2 is 1.74 bits per heavy atom. The molecule has 2 aromatic carbocycles. The lowest BCUT2D eigenvalue weighted by molar-refractivity contribution is -0.139. The number of carbonyl (C=O) groups excluding carboxylic acids is 1. The zero-order valence-electron chi connectivity index (χ0n) is 12.2. The van der Waals surface area contributed by atoms with Gasteiger partial charge >= 0.3 is 5.97 Å². The number of carboxylic acid groups (broad SMARTS) is 1. The molecule has 0 aliphatic carbocycles. The summed E-state index contributed by atoms with van der Waals surface area (Å²) in [5.74, 6) is -1.53. The zero-order chi connectivity index (χ0) is 16.2. The van der Waals surface area contributed by atoms with Crippen LogP contribution in [-0.2, 0) is 11.2 Å². The van der Waals surface area contributed by atoms with Crippen LogP contribution in [0.15, 0.2) is 65.3 Å². The molecule has 1 atom stereocenters. The fraction of sp³-hybridized carbons (Fsp3) is 0.111. The number of aliphatic carboxylic acids is 1. The molecule has 0 unspecified atom stereocenters. The maximum absolute atomic E-state index is 12.4. The van der Waals surface area contributed by atoms with Crippen LogP contribution in [-0.4, -0.2) is 23.0 Å². The van der Waals surface area contributed by atoms with Gasteiger partial charge in [0, 0.05) is 11.8 Å². The van der Waals surface area contributed by atoms with Crippen LogP contribution in [0.4, 0.5) is 0 Å². The van der Waals surface area contributed by atoms with Crippen LogP contribution >= 0.6 is 0 Å². The van der Waals surface area contributed by atoms with Crippen LogP contribution in [0.1, 0.15) is 15.9 Å². The van der Waals surface area contributed by atoms with Crippen molar-refractivity contribution in [2.45, 2.75) is 12.5 Å². The van der Waals surface area contributed by atoms with E-state index >= 15 is 0 Å². The summed E-state index contributed by atoms with van der Waals surface area (Å²) < 4.78 is 5.32. The highest BCUT2D eigenvalue weighted by atomic mass is 16.4. The molecule has 0 fully saturated rings. The number of nitrogens with one attached hydrogen (secondary N) is 1. The van der Waals surface area contributed by atoms with Crippen molar-refractivity contribution in [2.24, 2.45) is 0 Å². The van der Waals surface area contributed by atoms with Gasteiger partial charge in [-0.05, 0) is 11.6 Å². The zero-order valence-corrected chi connectivity index (χ0v) is 12.2. The Balaban J connectivity index is 1.80. The van der Waals surface area contributed by atoms with Crippen molar-refractivity contribution >= 4 is 22.8 Å². The molecule has 1 heterocycles. The number of para-hydroxylation sites is 1. The molecule has 23 heavy (non-hydrogen) atoms. The molecule has 2 N–H and O–H groups in total. The fourth-order valence-electron chi connectivity index (χ4n) is 2.44. The molecule has 116 valence electrons. The Bertz CT molecular complexity index is 838. The molecule has 0 radical (unpaired) electrons. The van der Waals surface area contributed by atoms with Crippen molar-refractivity contribution in [1.29, 1.82) is 0 Å². The van der Waals surface area contributed by atoms with Gasteiger partial charge in [0.1, 0.15) is 17.9 Å². The smallest absolute Gasteiger partial charge is 0.326 e. The minimum Gasteiger partial charge on any atom is -0.480 e. The molecule has 3 aromatic rings. The van der Waals surface area contributed by atoms with Crippen molar-refractivity contribution in [3.05, 3.63) is 72.0 Å². The highest BCUT2D eigenvalue weighted by molar-refractivity contribution is 6.06. The Morgan fingerprint density at radius 1 is 1.04 bits per heavy atom. The van der Waals surface area contributed by atoms with Gasteiger partial charge in [-0.3, -0.25) is 4.79 Å². The van der Waals surface area contributed by atoms with Crippen LogP contribution in [0.25, 0.3) is 11.0 Å². The first-order valence-corrected chi connectivity index (χ1v) is 7.19. The summed E-state index contributed by atoms with van der Waals surface area (Å²) in [6, 6.07) is 15.3. The van der Waals surface area contributed by atoms with E-state index in [2.05, 4.69) is 5.32 Å². The van der Waals surface area contributed by atoms with Crippen LogP contribution in [0.3, 0.4) is 0 Å². The second-order valence-electron chi connectivity index (χ2n) is 5.20. The predicted molar refractivity (Wildman–Crippen MR) is 85.3 cm³/mol. The van der Waals surface area contributed by atoms with Crippen molar-refractivity contribution in [3.63, 3.8) is 0 Å². The van der Waals surface area contributed by atoms with E-state index in [4.69, 9.17) is 4.42 Å². The lowest BCUT2D eigenvalue weighted by Gasteiger charge is -2.14. The SMILES string of the molecule is O=C(N[C@@H](Cc1ccccc1)C(=O)O)c1coc2ccccc12. The lowest BCUT2D eigenvalue weighted by Crippen LogP contribution is -2.42. The van der Waals surface area contributed by atoms with E-state index in [9.17, 15) is 14.7 Å². The second kappa shape index (κ2) is 6.36. The van der Waals surface area contributed by atoms with Crippen molar-refractivity contribution < 1.29 is 19.1 Å². The molecule has 0 spiro atoms. The number of benzene rings is 2. The maximum atomic E-state index is 12.4. The molecule has 3 rings (SSSR count). The topological polar surface area (TPSA) is 79.5 Å². The third kappa shape index (κ3) is 3.23. The highest BCUT2D eigenvalue weighted by Gasteiger charge is 2.23. The van der Waals surface area contributed by atoms with Gasteiger partial charge in [-0.2, -0.15) is 0 Å². The first-order chi connectivity index (χ1) is 11.1.